The number of amides is 1. The van der Waals surface area contributed by atoms with Crippen LogP contribution in [0.15, 0.2) is 41.5 Å². The van der Waals surface area contributed by atoms with Crippen molar-refractivity contribution < 1.29 is 4.79 Å². The van der Waals surface area contributed by atoms with Gasteiger partial charge in [0.15, 0.2) is 0 Å². The van der Waals surface area contributed by atoms with Crippen molar-refractivity contribution in [2.75, 3.05) is 25.5 Å². The van der Waals surface area contributed by atoms with Gasteiger partial charge in [-0.2, -0.15) is 0 Å². The van der Waals surface area contributed by atoms with E-state index in [4.69, 9.17) is 0 Å². The monoisotopic (exact) mass is 406 g/mol. The van der Waals surface area contributed by atoms with Crippen molar-refractivity contribution in [3.8, 4) is 0 Å². The van der Waals surface area contributed by atoms with Crippen molar-refractivity contribution in [1.29, 1.82) is 0 Å². The normalized spacial score (nSPS) is 16.7. The maximum Gasteiger partial charge on any atom is 0.269 e. The third kappa shape index (κ3) is 4.33. The molecule has 1 aliphatic heterocycles. The number of aryl methyl sites for hydroxylation is 1. The number of pyridine rings is 3. The second-order valence-corrected chi connectivity index (χ2v) is 7.63. The molecule has 3 aromatic rings. The lowest BCUT2D eigenvalue weighted by molar-refractivity contribution is 0.0958. The molecule has 0 saturated carbocycles. The Morgan fingerprint density at radius 3 is 2.87 bits per heavy atom. The zero-order valence-electron chi connectivity index (χ0n) is 17.2. The average Bonchev–Trinajstić information content (AvgIpc) is 3.19. The molecule has 156 valence electrons. The minimum Gasteiger partial charge on any atom is -0.380 e. The zero-order chi connectivity index (χ0) is 21.1. The van der Waals surface area contributed by atoms with Crippen molar-refractivity contribution in [1.82, 2.24) is 25.2 Å². The third-order valence-corrected chi connectivity index (χ3v) is 5.48. The lowest BCUT2D eigenvalue weighted by atomic mass is 10.1. The van der Waals surface area contributed by atoms with Gasteiger partial charge < -0.3 is 15.6 Å². The van der Waals surface area contributed by atoms with Crippen LogP contribution in [0.1, 0.15) is 35.0 Å². The fraction of sp³-hybridized carbons (Fsp3) is 0.364. The van der Waals surface area contributed by atoms with Crippen LogP contribution in [0.3, 0.4) is 0 Å². The van der Waals surface area contributed by atoms with Crippen molar-refractivity contribution in [2.24, 2.45) is 0 Å². The Bertz CT molecular complexity index is 1110. The summed E-state index contributed by atoms with van der Waals surface area (Å²) in [5.74, 6) is -0.190. The molecule has 3 N–H and O–H groups in total. The van der Waals surface area contributed by atoms with Crippen molar-refractivity contribution >= 4 is 22.6 Å². The molecular formula is C22H26N6O2. The highest BCUT2D eigenvalue weighted by Gasteiger charge is 2.22. The third-order valence-electron chi connectivity index (χ3n) is 5.48. The van der Waals surface area contributed by atoms with Gasteiger partial charge in [0.25, 0.3) is 11.5 Å². The molecule has 30 heavy (non-hydrogen) atoms. The molecule has 1 amide bonds. The molecule has 0 aliphatic carbocycles. The Morgan fingerprint density at radius 2 is 2.13 bits per heavy atom. The number of carbonyl (C=O) groups is 1. The fourth-order valence-electron chi connectivity index (χ4n) is 3.85. The summed E-state index contributed by atoms with van der Waals surface area (Å²) in [5.41, 5.74) is 4.73. The molecule has 0 unspecified atom stereocenters. The van der Waals surface area contributed by atoms with E-state index in [0.717, 1.165) is 53.9 Å². The Hall–Kier alpha value is -3.26. The van der Waals surface area contributed by atoms with Gasteiger partial charge in [-0.05, 0) is 42.7 Å². The van der Waals surface area contributed by atoms with Crippen molar-refractivity contribution in [2.45, 2.75) is 32.4 Å². The predicted octanol–water partition coefficient (Wildman–Crippen LogP) is 1.93. The largest absolute Gasteiger partial charge is 0.380 e. The van der Waals surface area contributed by atoms with E-state index in [1.807, 2.05) is 31.3 Å². The van der Waals surface area contributed by atoms with E-state index >= 15 is 0 Å². The predicted molar refractivity (Wildman–Crippen MR) is 117 cm³/mol. The van der Waals surface area contributed by atoms with Crippen LogP contribution in [0.2, 0.25) is 0 Å². The van der Waals surface area contributed by atoms with Crippen LogP contribution in [-0.4, -0.2) is 51.9 Å². The van der Waals surface area contributed by atoms with E-state index in [-0.39, 0.29) is 11.5 Å². The highest BCUT2D eigenvalue weighted by Crippen LogP contribution is 2.19. The average molecular weight is 406 g/mol. The number of hydrogen-bond donors (Lipinski definition) is 3. The maximum absolute atomic E-state index is 12.1. The molecule has 4 rings (SSSR count). The number of rotatable bonds is 6. The van der Waals surface area contributed by atoms with Crippen LogP contribution in [0.4, 0.5) is 5.69 Å². The number of aromatic nitrogens is 3. The summed E-state index contributed by atoms with van der Waals surface area (Å²) >= 11 is 0. The van der Waals surface area contributed by atoms with Crippen LogP contribution in [0.25, 0.3) is 11.0 Å². The summed E-state index contributed by atoms with van der Waals surface area (Å²) < 4.78 is 0. The van der Waals surface area contributed by atoms with Gasteiger partial charge in [-0.1, -0.05) is 6.92 Å². The first-order valence-electron chi connectivity index (χ1n) is 10.2. The molecular weight excluding hydrogens is 380 g/mol. The number of likely N-dealkylation sites (tertiary alicyclic amines) is 1. The molecule has 4 heterocycles. The minimum atomic E-state index is -0.190. The van der Waals surface area contributed by atoms with Gasteiger partial charge in [0.1, 0.15) is 5.69 Å². The summed E-state index contributed by atoms with van der Waals surface area (Å²) in [6, 6.07) is 7.81. The smallest absolute Gasteiger partial charge is 0.269 e. The van der Waals surface area contributed by atoms with Gasteiger partial charge in [0, 0.05) is 44.5 Å². The van der Waals surface area contributed by atoms with Gasteiger partial charge in [-0.25, -0.2) is 4.98 Å². The Morgan fingerprint density at radius 1 is 1.27 bits per heavy atom. The van der Waals surface area contributed by atoms with Gasteiger partial charge >= 0.3 is 0 Å². The molecule has 1 aliphatic rings. The topological polar surface area (TPSA) is 103 Å². The second kappa shape index (κ2) is 8.62. The van der Waals surface area contributed by atoms with Crippen LogP contribution < -0.4 is 16.2 Å². The standard InChI is InChI=1S/C22H26N6O2/c1-3-15-9-19-20(27-21(15)29)8-14(10-24-19)12-28-7-6-17(13-28)26-16-4-5-18(25-11-16)22(30)23-2/h4-5,8-11,17,26H,3,6-7,12-13H2,1-2H3,(H,23,30)(H,27,29)/t17-/m0/s1. The maximum atomic E-state index is 12.1. The molecule has 8 nitrogen and oxygen atoms in total. The molecule has 0 aromatic carbocycles. The first-order valence-corrected chi connectivity index (χ1v) is 10.2. The van der Waals surface area contributed by atoms with Crippen LogP contribution in [-0.2, 0) is 13.0 Å². The summed E-state index contributed by atoms with van der Waals surface area (Å²) in [6.45, 7) is 4.63. The van der Waals surface area contributed by atoms with Gasteiger partial charge in [0.05, 0.1) is 22.9 Å². The Labute approximate surface area is 174 Å². The summed E-state index contributed by atoms with van der Waals surface area (Å²) in [5, 5.41) is 6.06. The number of nitrogens with zero attached hydrogens (tertiary/aromatic N) is 3. The highest BCUT2D eigenvalue weighted by atomic mass is 16.1. The molecule has 0 spiro atoms. The number of aromatic amines is 1. The molecule has 8 heteroatoms. The molecule has 3 aromatic heterocycles. The van der Waals surface area contributed by atoms with Gasteiger partial charge in [-0.3, -0.25) is 19.5 Å². The van der Waals surface area contributed by atoms with E-state index in [2.05, 4.69) is 30.5 Å². The number of fused-ring (bicyclic) bond motifs is 1. The zero-order valence-corrected chi connectivity index (χ0v) is 17.2. The van der Waals surface area contributed by atoms with E-state index in [0.29, 0.717) is 18.2 Å². The summed E-state index contributed by atoms with van der Waals surface area (Å²) in [4.78, 5) is 37.7. The summed E-state index contributed by atoms with van der Waals surface area (Å²) in [6.07, 6.45) is 5.31. The van der Waals surface area contributed by atoms with E-state index < -0.39 is 0 Å². The SMILES string of the molecule is CCc1cc2ncc(CN3CC[C@H](Nc4ccc(C(=O)NC)nc4)C3)cc2[nH]c1=O. The Kier molecular flexibility index (Phi) is 5.76. The highest BCUT2D eigenvalue weighted by molar-refractivity contribution is 5.92. The molecule has 1 atom stereocenters. The molecule has 1 saturated heterocycles. The van der Waals surface area contributed by atoms with Gasteiger partial charge in [0.2, 0.25) is 0 Å². The molecule has 1 fully saturated rings. The van der Waals surface area contributed by atoms with Crippen LogP contribution >= 0.6 is 0 Å². The number of nitrogens with one attached hydrogen (secondary N) is 3. The second-order valence-electron chi connectivity index (χ2n) is 7.63. The van der Waals surface area contributed by atoms with E-state index in [1.54, 1.807) is 19.3 Å². The first-order chi connectivity index (χ1) is 14.6. The van der Waals surface area contributed by atoms with Crippen LogP contribution in [0.5, 0.6) is 0 Å². The summed E-state index contributed by atoms with van der Waals surface area (Å²) in [7, 11) is 1.59. The quantitative estimate of drug-likeness (QED) is 0.578. The number of carbonyl (C=O) groups excluding carboxylic acids is 1. The first kappa shape index (κ1) is 20.0. The molecule has 0 radical (unpaired) electrons. The number of hydrogen-bond acceptors (Lipinski definition) is 6. The molecule has 0 bridgehead atoms. The van der Waals surface area contributed by atoms with E-state index in [1.165, 1.54) is 0 Å². The number of anilines is 1. The number of H-pyrrole nitrogens is 1. The fourth-order valence-corrected chi connectivity index (χ4v) is 3.85. The van der Waals surface area contributed by atoms with Gasteiger partial charge in [-0.15, -0.1) is 0 Å². The van der Waals surface area contributed by atoms with E-state index in [9.17, 15) is 9.59 Å². The lowest BCUT2D eigenvalue weighted by Crippen LogP contribution is -2.26. The Balaban J connectivity index is 1.38. The minimum absolute atomic E-state index is 0.0366. The van der Waals surface area contributed by atoms with Crippen molar-refractivity contribution in [3.63, 3.8) is 0 Å². The lowest BCUT2D eigenvalue weighted by Gasteiger charge is -2.17. The van der Waals surface area contributed by atoms with Crippen molar-refractivity contribution in [3.05, 3.63) is 63.8 Å². The van der Waals surface area contributed by atoms with Crippen LogP contribution in [0, 0.1) is 0 Å².